The molecule has 0 unspecified atom stereocenters. The predicted octanol–water partition coefficient (Wildman–Crippen LogP) is 37.9. The zero-order chi connectivity index (χ0) is 97.1. The first-order valence-corrected chi connectivity index (χ1v) is 50.0. The van der Waals surface area contributed by atoms with Gasteiger partial charge in [0.05, 0.1) is 33.8 Å². The molecule has 0 aliphatic carbocycles. The third kappa shape index (κ3) is 16.3. The maximum Gasteiger partial charge on any atom is 0.116 e. The van der Waals surface area contributed by atoms with Gasteiger partial charge < -0.3 is 0 Å². The van der Waals surface area contributed by atoms with Crippen LogP contribution in [0.2, 0.25) is 10.0 Å². The summed E-state index contributed by atoms with van der Waals surface area (Å²) in [6.45, 7) is 0. The van der Waals surface area contributed by atoms with Crippen LogP contribution in [-0.4, -0.2) is 29.9 Å². The molecule has 0 aliphatic rings. The highest BCUT2D eigenvalue weighted by Gasteiger charge is 2.28. The highest BCUT2D eigenvalue weighted by Crippen LogP contribution is 2.53. The topological polar surface area (TPSA) is 77.3 Å². The minimum Gasteiger partial charge on any atom is -0.256 e. The lowest BCUT2D eigenvalue weighted by molar-refractivity contribution is 1.27. The van der Waals surface area contributed by atoms with E-state index < -0.39 is 0 Å². The number of halogens is 2. The molecule has 0 spiro atoms. The lowest BCUT2D eigenvalue weighted by Gasteiger charge is -2.21. The average molecular weight is 1900 g/mol. The lowest BCUT2D eigenvalue weighted by atomic mass is 9.83. The third-order valence-corrected chi connectivity index (χ3v) is 29.2. The normalized spacial score (nSPS) is 11.5. The standard InChI is InChI=1S/C138H86Cl2N6/c139-103-58-66-109(127(84-103)101-74-97(105-38-13-17-42-111(105)115-60-54-93(131-48-21-25-68-141-131)80-123(115)87-30-5-1-6-31-87)72-98(75-101)106-39-14-18-43-112(106)116-61-55-94(132-49-22-26-69-142-132)81-124(116)88-32-7-2-8-33-88)91-52-64-121-129(78-91)119-46-29-47-120-130-79-92(53-65-122(130)138-136(135(119)120)137(121)145-86-146-138)110-67-59-104(140)85-128(110)102-76-99(107-40-15-19-44-113(107)117-62-56-95(133-50-23-27-70-143-133)82-125(117)89-34-9-3-10-35-89)73-100(77-102)108-41-16-20-45-114(108)118-63-57-96(134-51-24-28-71-144-134)83-126(118)90-36-11-4-12-37-90/h1-86H. The summed E-state index contributed by atoms with van der Waals surface area (Å²) in [7, 11) is 0. The maximum atomic E-state index is 7.51. The summed E-state index contributed by atoms with van der Waals surface area (Å²) < 4.78 is 0. The van der Waals surface area contributed by atoms with Crippen LogP contribution in [0.25, 0.3) is 277 Å². The number of rotatable bonds is 20. The van der Waals surface area contributed by atoms with Gasteiger partial charge in [-0.3, -0.25) is 19.9 Å². The van der Waals surface area contributed by atoms with Crippen LogP contribution in [0.4, 0.5) is 0 Å². The fourth-order valence-electron chi connectivity index (χ4n) is 22.0. The molecule has 26 rings (SSSR count). The number of hydrogen-bond acceptors (Lipinski definition) is 6. The molecule has 8 heteroatoms. The van der Waals surface area contributed by atoms with E-state index in [2.05, 4.69) is 431 Å². The molecule has 0 radical (unpaired) electrons. The molecular weight excluding hydrogens is 1810 g/mol. The van der Waals surface area contributed by atoms with E-state index in [1.807, 2.05) is 85.5 Å². The third-order valence-electron chi connectivity index (χ3n) is 28.7. The van der Waals surface area contributed by atoms with Gasteiger partial charge in [-0.1, -0.05) is 369 Å². The number of fused-ring (bicyclic) bond motifs is 6. The second-order valence-corrected chi connectivity index (χ2v) is 38.1. The Morgan fingerprint density at radius 2 is 0.363 bits per heavy atom. The SMILES string of the molecule is Clc1ccc(-c2ccc3c(c2)c2cccc4c5cc(-c6ccc(Cl)cc6-c6cc(-c7ccccc7-c7ccc(-c8ccccn8)cc7-c7ccccc7)cc(-c7ccccc7-c7ccc(-c8ccccn8)cc7-c7ccccc7)c6)ccc5c5ncnc3c5c24)c(-c2cc(-c3ccccc3-c3ccc(-c4ccccn4)cc3-c3ccccc3)cc(-c3ccccc3-c3ccc(-c4ccccn4)cc3-c3ccccc3)c2)c1. The molecule has 0 saturated carbocycles. The van der Waals surface area contributed by atoms with Crippen LogP contribution >= 0.6 is 23.2 Å². The molecule has 0 atom stereocenters. The second-order valence-electron chi connectivity index (χ2n) is 37.2. The van der Waals surface area contributed by atoms with Crippen molar-refractivity contribution >= 4 is 77.3 Å². The van der Waals surface area contributed by atoms with Gasteiger partial charge in [-0.25, -0.2) is 9.97 Å². The number of benzene rings is 21. The van der Waals surface area contributed by atoms with E-state index >= 15 is 0 Å². The minimum absolute atomic E-state index is 0.616. The summed E-state index contributed by atoms with van der Waals surface area (Å²) in [5, 5.41) is 9.72. The van der Waals surface area contributed by atoms with Crippen molar-refractivity contribution < 1.29 is 0 Å². The van der Waals surface area contributed by atoms with Crippen molar-refractivity contribution in [1.82, 2.24) is 29.9 Å². The van der Waals surface area contributed by atoms with Gasteiger partial charge in [0, 0.05) is 78.6 Å². The average Bonchev–Trinajstić information content (AvgIpc) is 0.697. The van der Waals surface area contributed by atoms with Crippen LogP contribution in [0.1, 0.15) is 0 Å². The Morgan fingerprint density at radius 3 is 0.651 bits per heavy atom. The molecule has 146 heavy (non-hydrogen) atoms. The van der Waals surface area contributed by atoms with E-state index in [0.717, 1.165) is 277 Å². The molecule has 5 aromatic heterocycles. The van der Waals surface area contributed by atoms with Gasteiger partial charge in [0.2, 0.25) is 0 Å². The molecule has 0 N–H and O–H groups in total. The first kappa shape index (κ1) is 87.7. The predicted molar refractivity (Wildman–Crippen MR) is 611 cm³/mol. The Balaban J connectivity index is 0.643. The van der Waals surface area contributed by atoms with E-state index in [4.69, 9.17) is 53.1 Å². The van der Waals surface area contributed by atoms with Gasteiger partial charge >= 0.3 is 0 Å². The summed E-state index contributed by atoms with van der Waals surface area (Å²) in [4.78, 5) is 30.0. The Morgan fingerprint density at radius 1 is 0.123 bits per heavy atom. The summed E-state index contributed by atoms with van der Waals surface area (Å²) in [6, 6.07) is 177. The lowest BCUT2D eigenvalue weighted by Crippen LogP contribution is -1.95. The van der Waals surface area contributed by atoms with Crippen molar-refractivity contribution in [1.29, 1.82) is 0 Å². The van der Waals surface area contributed by atoms with Crippen molar-refractivity contribution in [2.24, 2.45) is 0 Å². The molecule has 682 valence electrons. The zero-order valence-corrected chi connectivity index (χ0v) is 80.6. The van der Waals surface area contributed by atoms with E-state index in [9.17, 15) is 0 Å². The molecule has 0 amide bonds. The van der Waals surface area contributed by atoms with Crippen LogP contribution < -0.4 is 0 Å². The summed E-state index contributed by atoms with van der Waals surface area (Å²) in [5.41, 5.74) is 43.5. The molecule has 6 nitrogen and oxygen atoms in total. The van der Waals surface area contributed by atoms with Crippen molar-refractivity contribution in [3.8, 4) is 223 Å². The molecule has 26 aromatic rings. The molecule has 0 saturated heterocycles. The Bertz CT molecular complexity index is 8620. The first-order valence-electron chi connectivity index (χ1n) is 49.2. The van der Waals surface area contributed by atoms with Crippen LogP contribution in [0.15, 0.2) is 522 Å². The first-order chi connectivity index (χ1) is 72.2. The van der Waals surface area contributed by atoms with Gasteiger partial charge in [-0.05, 0) is 345 Å². The monoisotopic (exact) mass is 1900 g/mol. The van der Waals surface area contributed by atoms with Gasteiger partial charge in [0.25, 0.3) is 0 Å². The largest absolute Gasteiger partial charge is 0.256 e. The maximum absolute atomic E-state index is 7.51. The second kappa shape index (κ2) is 37.8. The Kier molecular flexibility index (Phi) is 22.7. The fraction of sp³-hybridized carbons (Fsp3) is 0. The molecule has 0 fully saturated rings. The molecule has 0 aliphatic heterocycles. The van der Waals surface area contributed by atoms with E-state index in [1.54, 1.807) is 6.33 Å². The van der Waals surface area contributed by atoms with Gasteiger partial charge in [-0.15, -0.1) is 0 Å². The Labute approximate surface area is 856 Å². The molecule has 5 heterocycles. The number of hydrogen-bond donors (Lipinski definition) is 0. The van der Waals surface area contributed by atoms with Gasteiger partial charge in [-0.2, -0.15) is 0 Å². The highest BCUT2D eigenvalue weighted by molar-refractivity contribution is 6.39. The van der Waals surface area contributed by atoms with Crippen molar-refractivity contribution in [3.63, 3.8) is 0 Å². The quantitative estimate of drug-likeness (QED) is 0.0559. The van der Waals surface area contributed by atoms with Crippen molar-refractivity contribution in [3.05, 3.63) is 533 Å². The van der Waals surface area contributed by atoms with E-state index in [1.165, 1.54) is 0 Å². The smallest absolute Gasteiger partial charge is 0.116 e. The summed E-state index contributed by atoms with van der Waals surface area (Å²) in [6.07, 6.45) is 9.19. The van der Waals surface area contributed by atoms with Gasteiger partial charge in [0.15, 0.2) is 0 Å². The van der Waals surface area contributed by atoms with Crippen LogP contribution in [0, 0.1) is 0 Å². The number of nitrogens with zero attached hydrogens (tertiary/aromatic N) is 6. The van der Waals surface area contributed by atoms with Crippen molar-refractivity contribution in [2.75, 3.05) is 0 Å². The summed E-state index contributed by atoms with van der Waals surface area (Å²) >= 11 is 15.0. The molecule has 21 aromatic carbocycles. The molecule has 0 bridgehead atoms. The number of pyridine rings is 4. The van der Waals surface area contributed by atoms with Crippen molar-refractivity contribution in [2.45, 2.75) is 0 Å². The van der Waals surface area contributed by atoms with E-state index in [-0.39, 0.29) is 0 Å². The van der Waals surface area contributed by atoms with Crippen LogP contribution in [0.5, 0.6) is 0 Å². The molecular formula is C138H86Cl2N6. The fourth-order valence-corrected chi connectivity index (χ4v) is 22.3. The Hall–Kier alpha value is -18.6. The highest BCUT2D eigenvalue weighted by atomic mass is 35.5. The zero-order valence-electron chi connectivity index (χ0n) is 79.1. The summed E-state index contributed by atoms with van der Waals surface area (Å²) in [5.74, 6) is 0. The van der Waals surface area contributed by atoms with E-state index in [0.29, 0.717) is 10.0 Å². The van der Waals surface area contributed by atoms with Crippen LogP contribution in [0.3, 0.4) is 0 Å². The van der Waals surface area contributed by atoms with Crippen LogP contribution in [-0.2, 0) is 0 Å². The number of aromatic nitrogens is 6. The van der Waals surface area contributed by atoms with Gasteiger partial charge in [0.1, 0.15) is 6.33 Å². The minimum atomic E-state index is 0.616.